The third-order valence-electron chi connectivity index (χ3n) is 10.4. The third kappa shape index (κ3) is 8.73. The van der Waals surface area contributed by atoms with E-state index in [2.05, 4.69) is 50.5 Å². The molecule has 13 heteroatoms. The second-order valence-corrected chi connectivity index (χ2v) is 14.7. The molecule has 4 aromatic rings. The van der Waals surface area contributed by atoms with Crippen LogP contribution in [-0.2, 0) is 28.7 Å². The quantitative estimate of drug-likeness (QED) is 0.0691. The number of likely N-dealkylation sites (tertiary alicyclic amines) is 1. The molecule has 0 saturated carbocycles. The van der Waals surface area contributed by atoms with Crippen LogP contribution in [0.25, 0.3) is 22.0 Å². The highest BCUT2D eigenvalue weighted by atomic mass is 16.5. The van der Waals surface area contributed by atoms with Crippen molar-refractivity contribution < 1.29 is 33.4 Å². The van der Waals surface area contributed by atoms with Crippen LogP contribution in [0.3, 0.4) is 0 Å². The summed E-state index contributed by atoms with van der Waals surface area (Å²) < 4.78 is 11.7. The molecule has 1 aliphatic heterocycles. The molecule has 0 radical (unpaired) electrons. The molecule has 55 heavy (non-hydrogen) atoms. The van der Waals surface area contributed by atoms with Crippen molar-refractivity contribution in [2.24, 2.45) is 5.92 Å². The van der Waals surface area contributed by atoms with E-state index in [0.717, 1.165) is 10.9 Å². The van der Waals surface area contributed by atoms with E-state index in [0.29, 0.717) is 31.7 Å². The van der Waals surface area contributed by atoms with E-state index < -0.39 is 59.8 Å². The number of carbonyl (C=O) groups excluding carboxylic acids is 5. The van der Waals surface area contributed by atoms with Gasteiger partial charge in [0.1, 0.15) is 24.2 Å². The van der Waals surface area contributed by atoms with Crippen LogP contribution in [0.1, 0.15) is 64.5 Å². The van der Waals surface area contributed by atoms with Crippen molar-refractivity contribution in [3.63, 3.8) is 0 Å². The Hall–Kier alpha value is -5.53. The highest BCUT2D eigenvalue weighted by molar-refractivity contribution is 5.96. The first-order valence-electron chi connectivity index (χ1n) is 18.9. The number of nitrogens with one attached hydrogen (secondary N) is 5. The first-order chi connectivity index (χ1) is 26.4. The first-order valence-corrected chi connectivity index (χ1v) is 18.9. The SMILES string of the molecule is CC(NCOCC1c2ccccc2-c2ccccc21)C(=O)NC(C)C(=O)NC(C)C(=O)N1CCCC1C(=O)NC(C(=O)Oc1c[nH]c2ccccc12)C(C)C. The van der Waals surface area contributed by atoms with Gasteiger partial charge in [-0.1, -0.05) is 74.5 Å². The Bertz CT molecular complexity index is 2000. The molecule has 0 bridgehead atoms. The van der Waals surface area contributed by atoms with Crippen molar-refractivity contribution in [3.05, 3.63) is 90.1 Å². The fourth-order valence-electron chi connectivity index (χ4n) is 7.30. The number of ether oxygens (including phenoxy) is 2. The maximum absolute atomic E-state index is 13.5. The van der Waals surface area contributed by atoms with Crippen LogP contribution in [0.5, 0.6) is 5.75 Å². The topological polar surface area (TPSA) is 171 Å². The lowest BCUT2D eigenvalue weighted by Gasteiger charge is -2.29. The zero-order valence-corrected chi connectivity index (χ0v) is 31.9. The second kappa shape index (κ2) is 17.3. The number of esters is 1. The molecule has 1 fully saturated rings. The molecule has 5 atom stereocenters. The van der Waals surface area contributed by atoms with Gasteiger partial charge in [-0.15, -0.1) is 0 Å². The Morgan fingerprint density at radius 1 is 0.782 bits per heavy atom. The number of rotatable bonds is 15. The number of aromatic nitrogens is 1. The van der Waals surface area contributed by atoms with Gasteiger partial charge in [0.15, 0.2) is 5.75 Å². The number of aromatic amines is 1. The first kappa shape index (κ1) is 39.2. The number of fused-ring (bicyclic) bond motifs is 4. The van der Waals surface area contributed by atoms with E-state index in [1.54, 1.807) is 33.9 Å². The molecule has 0 spiro atoms. The average Bonchev–Trinajstić information content (AvgIpc) is 3.91. The zero-order valence-electron chi connectivity index (χ0n) is 31.9. The molecule has 5 unspecified atom stereocenters. The van der Waals surface area contributed by atoms with E-state index >= 15 is 0 Å². The molecule has 3 aromatic carbocycles. The lowest BCUT2D eigenvalue weighted by atomic mass is 9.98. The number of benzene rings is 3. The summed E-state index contributed by atoms with van der Waals surface area (Å²) in [6.45, 7) is 9.26. The summed E-state index contributed by atoms with van der Waals surface area (Å²) in [5, 5.41) is 12.0. The van der Waals surface area contributed by atoms with Gasteiger partial charge >= 0.3 is 5.97 Å². The van der Waals surface area contributed by atoms with Crippen LogP contribution in [0.4, 0.5) is 0 Å². The predicted octanol–water partition coefficient (Wildman–Crippen LogP) is 3.98. The molecule has 1 aromatic heterocycles. The minimum atomic E-state index is -0.970. The predicted molar refractivity (Wildman–Crippen MR) is 208 cm³/mol. The number of amides is 4. The lowest BCUT2D eigenvalue weighted by Crippen LogP contribution is -2.57. The monoisotopic (exact) mass is 750 g/mol. The smallest absolute Gasteiger partial charge is 0.334 e. The van der Waals surface area contributed by atoms with Crippen molar-refractivity contribution in [2.45, 2.75) is 83.6 Å². The molecule has 2 aliphatic rings. The summed E-state index contributed by atoms with van der Waals surface area (Å²) in [4.78, 5) is 70.8. The molecule has 4 amide bonds. The highest BCUT2D eigenvalue weighted by Crippen LogP contribution is 2.44. The summed E-state index contributed by atoms with van der Waals surface area (Å²) in [6, 6.07) is 19.7. The number of H-pyrrole nitrogens is 1. The molecule has 290 valence electrons. The Morgan fingerprint density at radius 2 is 1.40 bits per heavy atom. The minimum absolute atomic E-state index is 0.0919. The molecule has 2 heterocycles. The average molecular weight is 751 g/mol. The van der Waals surface area contributed by atoms with Gasteiger partial charge in [0.25, 0.3) is 0 Å². The number of hydrogen-bond donors (Lipinski definition) is 5. The van der Waals surface area contributed by atoms with Crippen molar-refractivity contribution in [2.75, 3.05) is 19.9 Å². The van der Waals surface area contributed by atoms with Crippen LogP contribution < -0.4 is 26.0 Å². The standard InChI is InChI=1S/C42H50N6O7/c1-24(2)37(42(53)55-36-21-43-34-18-11-10-17-32(34)36)47-40(51)35-19-12-20-48(35)41(52)27(5)46-39(50)26(4)45-38(49)25(3)44-23-54-22-33-30-15-8-6-13-28(30)29-14-7-9-16-31(29)33/h6-11,13-18,21,24-27,33,35,37,43-44H,12,19-20,22-23H2,1-5H3,(H,45,49)(H,46,50)(H,47,51). The summed E-state index contributed by atoms with van der Waals surface area (Å²) >= 11 is 0. The van der Waals surface area contributed by atoms with Crippen LogP contribution in [0, 0.1) is 5.92 Å². The number of carbonyl (C=O) groups is 5. The van der Waals surface area contributed by atoms with Crippen molar-refractivity contribution in [1.29, 1.82) is 0 Å². The number of hydrogen-bond acceptors (Lipinski definition) is 8. The van der Waals surface area contributed by atoms with Gasteiger partial charge in [-0.05, 0) is 73.9 Å². The summed E-state index contributed by atoms with van der Waals surface area (Å²) in [7, 11) is 0. The number of para-hydroxylation sites is 1. The highest BCUT2D eigenvalue weighted by Gasteiger charge is 2.39. The third-order valence-corrected chi connectivity index (χ3v) is 10.4. The maximum atomic E-state index is 13.5. The molecule has 13 nitrogen and oxygen atoms in total. The fraction of sp³-hybridized carbons (Fsp3) is 0.405. The molecule has 1 saturated heterocycles. The van der Waals surface area contributed by atoms with Crippen LogP contribution >= 0.6 is 0 Å². The molecule has 5 N–H and O–H groups in total. The van der Waals surface area contributed by atoms with Gasteiger partial charge < -0.3 is 35.3 Å². The molecule has 6 rings (SSSR count). The molecule has 1 aliphatic carbocycles. The Labute approximate surface area is 320 Å². The van der Waals surface area contributed by atoms with Crippen LogP contribution in [0.15, 0.2) is 79.0 Å². The minimum Gasteiger partial charge on any atom is -0.423 e. The van der Waals surface area contributed by atoms with Gasteiger partial charge in [0.05, 0.1) is 19.4 Å². The largest absolute Gasteiger partial charge is 0.423 e. The van der Waals surface area contributed by atoms with E-state index in [-0.39, 0.29) is 18.6 Å². The summed E-state index contributed by atoms with van der Waals surface area (Å²) in [6.07, 6.45) is 2.59. The summed E-state index contributed by atoms with van der Waals surface area (Å²) in [5.74, 6) is -2.30. The second-order valence-electron chi connectivity index (χ2n) is 14.7. The lowest BCUT2D eigenvalue weighted by molar-refractivity contribution is -0.144. The van der Waals surface area contributed by atoms with E-state index in [9.17, 15) is 24.0 Å². The Balaban J connectivity index is 0.948. The van der Waals surface area contributed by atoms with Crippen molar-refractivity contribution in [3.8, 4) is 16.9 Å². The maximum Gasteiger partial charge on any atom is 0.334 e. The molecular weight excluding hydrogens is 700 g/mol. The Kier molecular flexibility index (Phi) is 12.3. The number of nitrogens with zero attached hydrogens (tertiary/aromatic N) is 1. The van der Waals surface area contributed by atoms with Crippen LogP contribution in [-0.4, -0.2) is 89.6 Å². The van der Waals surface area contributed by atoms with Crippen molar-refractivity contribution in [1.82, 2.24) is 31.2 Å². The van der Waals surface area contributed by atoms with Crippen molar-refractivity contribution >= 4 is 40.5 Å². The van der Waals surface area contributed by atoms with Gasteiger partial charge in [-0.3, -0.25) is 24.5 Å². The van der Waals surface area contributed by atoms with Gasteiger partial charge in [0, 0.05) is 29.6 Å². The van der Waals surface area contributed by atoms with Gasteiger partial charge in [-0.25, -0.2) is 4.79 Å². The Morgan fingerprint density at radius 3 is 2.09 bits per heavy atom. The molecular formula is C42H50N6O7. The normalized spacial score (nSPS) is 17.2. The van der Waals surface area contributed by atoms with Gasteiger partial charge in [0.2, 0.25) is 23.6 Å². The van der Waals surface area contributed by atoms with Gasteiger partial charge in [-0.2, -0.15) is 0 Å². The fourth-order valence-corrected chi connectivity index (χ4v) is 7.30. The van der Waals surface area contributed by atoms with E-state index in [1.807, 2.05) is 48.5 Å². The van der Waals surface area contributed by atoms with Crippen LogP contribution in [0.2, 0.25) is 0 Å². The van der Waals surface area contributed by atoms with E-state index in [4.69, 9.17) is 9.47 Å². The summed E-state index contributed by atoms with van der Waals surface area (Å²) in [5.41, 5.74) is 5.65. The zero-order chi connectivity index (χ0) is 39.2. The van der Waals surface area contributed by atoms with E-state index in [1.165, 1.54) is 34.1 Å².